The first-order valence-electron chi connectivity index (χ1n) is 13.8. The van der Waals surface area contributed by atoms with Gasteiger partial charge < -0.3 is 27.2 Å². The van der Waals surface area contributed by atoms with Crippen LogP contribution in [0.4, 0.5) is 22.0 Å². The first-order valence-corrected chi connectivity index (χ1v) is 15.7. The lowest BCUT2D eigenvalue weighted by Crippen LogP contribution is -2.46. The van der Waals surface area contributed by atoms with Crippen molar-refractivity contribution in [2.45, 2.75) is 64.8 Å². The van der Waals surface area contributed by atoms with Crippen molar-refractivity contribution in [3.63, 3.8) is 0 Å². The van der Waals surface area contributed by atoms with E-state index in [1.807, 2.05) is 20.8 Å². The van der Waals surface area contributed by atoms with E-state index in [1.165, 1.54) is 30.3 Å². The zero-order valence-electron chi connectivity index (χ0n) is 23.7. The summed E-state index contributed by atoms with van der Waals surface area (Å²) in [6.45, 7) is 6.57. The molecule has 0 amide bonds. The van der Waals surface area contributed by atoms with Crippen LogP contribution in [0.1, 0.15) is 46.5 Å². The highest BCUT2D eigenvalue weighted by Crippen LogP contribution is 2.34. The summed E-state index contributed by atoms with van der Waals surface area (Å²) in [6.07, 6.45) is -5.39. The predicted molar refractivity (Wildman–Crippen MR) is 149 cm³/mol. The lowest BCUT2D eigenvalue weighted by molar-refractivity contribution is -0.274. The van der Waals surface area contributed by atoms with E-state index in [9.17, 15) is 26.7 Å². The molecule has 7 nitrogen and oxygen atoms in total. The molecule has 0 bridgehead atoms. The molecule has 0 aliphatic heterocycles. The molecule has 3 rings (SSSR count). The van der Waals surface area contributed by atoms with Crippen LogP contribution in [0.15, 0.2) is 57.7 Å². The average Bonchev–Trinajstić information content (AvgIpc) is 2.90. The van der Waals surface area contributed by atoms with Gasteiger partial charge in [-0.25, -0.2) is 13.6 Å². The van der Waals surface area contributed by atoms with Crippen molar-refractivity contribution in [1.82, 2.24) is 0 Å². The fourth-order valence-electron chi connectivity index (χ4n) is 4.48. The molecule has 1 aromatic heterocycles. The summed E-state index contributed by atoms with van der Waals surface area (Å²) in [6, 6.07) is 11.5. The summed E-state index contributed by atoms with van der Waals surface area (Å²) in [5.74, 6) is -3.15. The monoisotopic (exact) mass is 618 g/mol. The van der Waals surface area contributed by atoms with Gasteiger partial charge in [0, 0.05) is 55.7 Å². The van der Waals surface area contributed by atoms with E-state index in [-0.39, 0.29) is 49.0 Å². The summed E-state index contributed by atoms with van der Waals surface area (Å²) in [7, 11) is -2.98. The molecule has 0 spiro atoms. The van der Waals surface area contributed by atoms with E-state index >= 15 is 0 Å². The number of rotatable bonds is 17. The molecule has 0 unspecified atom stereocenters. The van der Waals surface area contributed by atoms with Crippen molar-refractivity contribution < 1.29 is 49.1 Å². The Hall–Kier alpha value is -3.00. The van der Waals surface area contributed by atoms with Gasteiger partial charge in [0.15, 0.2) is 0 Å². The van der Waals surface area contributed by atoms with Gasteiger partial charge in [-0.15, -0.1) is 13.2 Å². The van der Waals surface area contributed by atoms with Crippen LogP contribution in [0.25, 0.3) is 22.1 Å². The van der Waals surface area contributed by atoms with Crippen LogP contribution in [0.2, 0.25) is 6.04 Å². The molecule has 1 heterocycles. The standard InChI is InChI=1S/C29H35F5O7Si/c1-4-37-42(38-5-2,39-6-3)18-10-16-28(30,31)15-9-17-36-22-14-13-21-19-24(27(35)40-26(21)20-22)23-11-7-8-12-25(23)41-29(32,33)34/h7-8,11-14,19-20H,4-6,9-10,15-18H2,1-3H3. The highest BCUT2D eigenvalue weighted by Gasteiger charge is 2.41. The first-order chi connectivity index (χ1) is 19.9. The van der Waals surface area contributed by atoms with Crippen LogP contribution >= 0.6 is 0 Å². The van der Waals surface area contributed by atoms with Gasteiger partial charge in [-0.05, 0) is 57.9 Å². The van der Waals surface area contributed by atoms with Crippen LogP contribution in [0.3, 0.4) is 0 Å². The minimum atomic E-state index is -4.94. The van der Waals surface area contributed by atoms with Gasteiger partial charge in [-0.3, -0.25) is 0 Å². The van der Waals surface area contributed by atoms with E-state index in [1.54, 1.807) is 12.1 Å². The van der Waals surface area contributed by atoms with E-state index in [0.29, 0.717) is 37.0 Å². The van der Waals surface area contributed by atoms with Gasteiger partial charge in [-0.1, -0.05) is 18.2 Å². The second-order valence-corrected chi connectivity index (χ2v) is 12.1. The molecule has 0 radical (unpaired) electrons. The van der Waals surface area contributed by atoms with E-state index < -0.39 is 32.5 Å². The molecule has 232 valence electrons. The largest absolute Gasteiger partial charge is 0.573 e. The SMILES string of the molecule is CCO[Si](CCCC(F)(F)CCCOc1ccc2cc(-c3ccccc3OC(F)(F)F)c(=O)oc2c1)(OCC)OCC. The van der Waals surface area contributed by atoms with Crippen molar-refractivity contribution in [3.05, 3.63) is 59.0 Å². The maximum atomic E-state index is 14.5. The summed E-state index contributed by atoms with van der Waals surface area (Å²) < 4.78 is 99.7. The Morgan fingerprint density at radius 3 is 2.10 bits per heavy atom. The van der Waals surface area contributed by atoms with Crippen molar-refractivity contribution in [1.29, 1.82) is 0 Å². The highest BCUT2D eigenvalue weighted by atomic mass is 28.4. The van der Waals surface area contributed by atoms with Gasteiger partial charge in [0.1, 0.15) is 17.1 Å². The number of ether oxygens (including phenoxy) is 2. The molecule has 0 aliphatic rings. The number of fused-ring (bicyclic) bond motifs is 1. The number of hydrogen-bond donors (Lipinski definition) is 0. The van der Waals surface area contributed by atoms with Crippen molar-refractivity contribution in [3.8, 4) is 22.6 Å². The minimum absolute atomic E-state index is 0.00109. The molecule has 0 atom stereocenters. The molecule has 42 heavy (non-hydrogen) atoms. The molecule has 3 aromatic rings. The zero-order chi connectivity index (χ0) is 30.8. The second kappa shape index (κ2) is 14.9. The number of halogens is 5. The minimum Gasteiger partial charge on any atom is -0.493 e. The van der Waals surface area contributed by atoms with E-state index in [4.69, 9.17) is 22.4 Å². The number of hydrogen-bond acceptors (Lipinski definition) is 7. The zero-order valence-corrected chi connectivity index (χ0v) is 24.7. The Balaban J connectivity index is 1.58. The molecule has 13 heteroatoms. The summed E-state index contributed by atoms with van der Waals surface area (Å²) >= 11 is 0. The van der Waals surface area contributed by atoms with Crippen molar-refractivity contribution in [2.24, 2.45) is 0 Å². The summed E-state index contributed by atoms with van der Waals surface area (Å²) in [5.41, 5.74) is -0.927. The Morgan fingerprint density at radius 1 is 0.810 bits per heavy atom. The lowest BCUT2D eigenvalue weighted by atomic mass is 10.0. The fourth-order valence-corrected chi connectivity index (χ4v) is 7.09. The summed E-state index contributed by atoms with van der Waals surface area (Å²) in [5, 5.41) is 0.427. The number of benzene rings is 2. The van der Waals surface area contributed by atoms with Crippen LogP contribution in [-0.4, -0.2) is 47.5 Å². The lowest BCUT2D eigenvalue weighted by Gasteiger charge is -2.29. The van der Waals surface area contributed by atoms with Crippen LogP contribution < -0.4 is 15.1 Å². The van der Waals surface area contributed by atoms with Crippen molar-refractivity contribution >= 4 is 19.8 Å². The van der Waals surface area contributed by atoms with Gasteiger partial charge in [0.05, 0.1) is 12.2 Å². The Bertz CT molecular complexity index is 1330. The third-order valence-electron chi connectivity index (χ3n) is 6.18. The first kappa shape index (κ1) is 33.5. The van der Waals surface area contributed by atoms with E-state index in [0.717, 1.165) is 6.07 Å². The normalized spacial score (nSPS) is 12.6. The van der Waals surface area contributed by atoms with Gasteiger partial charge in [0.2, 0.25) is 5.92 Å². The van der Waals surface area contributed by atoms with Gasteiger partial charge in [-0.2, -0.15) is 0 Å². The molecule has 0 N–H and O–H groups in total. The Morgan fingerprint density at radius 2 is 1.45 bits per heavy atom. The Kier molecular flexibility index (Phi) is 11.9. The van der Waals surface area contributed by atoms with E-state index in [2.05, 4.69) is 4.74 Å². The van der Waals surface area contributed by atoms with Gasteiger partial charge in [0.25, 0.3) is 0 Å². The van der Waals surface area contributed by atoms with Gasteiger partial charge >= 0.3 is 20.8 Å². The molecule has 0 saturated carbocycles. The molecule has 0 saturated heterocycles. The van der Waals surface area contributed by atoms with Crippen LogP contribution in [0.5, 0.6) is 11.5 Å². The molecule has 0 aliphatic carbocycles. The maximum absolute atomic E-state index is 14.5. The van der Waals surface area contributed by atoms with Crippen LogP contribution in [0, 0.1) is 0 Å². The smallest absolute Gasteiger partial charge is 0.493 e. The maximum Gasteiger partial charge on any atom is 0.573 e. The third-order valence-corrected chi connectivity index (χ3v) is 9.34. The average molecular weight is 619 g/mol. The quantitative estimate of drug-likeness (QED) is 0.0657. The predicted octanol–water partition coefficient (Wildman–Crippen LogP) is 7.98. The van der Waals surface area contributed by atoms with Crippen LogP contribution in [-0.2, 0) is 13.3 Å². The Labute approximate surface area is 241 Å². The third kappa shape index (κ3) is 9.78. The highest BCUT2D eigenvalue weighted by molar-refractivity contribution is 6.60. The van der Waals surface area contributed by atoms with Crippen molar-refractivity contribution in [2.75, 3.05) is 26.4 Å². The number of alkyl halides is 5. The molecule has 0 fully saturated rings. The second-order valence-electron chi connectivity index (χ2n) is 9.33. The fraction of sp³-hybridized carbons (Fsp3) is 0.483. The topological polar surface area (TPSA) is 76.4 Å². The molecule has 2 aromatic carbocycles. The molecular weight excluding hydrogens is 583 g/mol. The summed E-state index contributed by atoms with van der Waals surface area (Å²) in [4.78, 5) is 12.6. The number of para-hydroxylation sites is 1. The molecular formula is C29H35F5O7Si.